The summed E-state index contributed by atoms with van der Waals surface area (Å²) in [5, 5.41) is 14.3. The molecule has 6 heteroatoms. The van der Waals surface area contributed by atoms with E-state index in [1.807, 2.05) is 66.3 Å². The molecule has 1 aromatic heterocycles. The van der Waals surface area contributed by atoms with Crippen LogP contribution in [-0.2, 0) is 11.3 Å². The van der Waals surface area contributed by atoms with Crippen LogP contribution in [0.25, 0.3) is 11.1 Å². The average molecular weight is 397 g/mol. The lowest BCUT2D eigenvalue weighted by Crippen LogP contribution is -2.06. The second kappa shape index (κ2) is 7.68. The van der Waals surface area contributed by atoms with Gasteiger partial charge in [-0.1, -0.05) is 35.9 Å². The van der Waals surface area contributed by atoms with Gasteiger partial charge in [0.2, 0.25) is 0 Å². The summed E-state index contributed by atoms with van der Waals surface area (Å²) < 4.78 is 7.66. The Bertz CT molecular complexity index is 980. The fourth-order valence-corrected chi connectivity index (χ4v) is 3.45. The number of hydrogen-bond acceptors (Lipinski definition) is 3. The fraction of sp³-hybridized carbons (Fsp3) is 0.273. The van der Waals surface area contributed by atoms with Crippen LogP contribution in [0.2, 0.25) is 5.02 Å². The van der Waals surface area contributed by atoms with Crippen molar-refractivity contribution in [2.75, 3.05) is 6.61 Å². The van der Waals surface area contributed by atoms with E-state index in [1.54, 1.807) is 0 Å². The van der Waals surface area contributed by atoms with E-state index in [4.69, 9.17) is 21.4 Å². The average Bonchev–Trinajstić information content (AvgIpc) is 3.38. The van der Waals surface area contributed by atoms with Gasteiger partial charge in [0.05, 0.1) is 24.8 Å². The summed E-state index contributed by atoms with van der Waals surface area (Å²) in [5.74, 6) is -0.0834. The van der Waals surface area contributed by atoms with Gasteiger partial charge >= 0.3 is 5.97 Å². The summed E-state index contributed by atoms with van der Waals surface area (Å²) in [6.07, 6.45) is 2.75. The Hall–Kier alpha value is -2.79. The summed E-state index contributed by atoms with van der Waals surface area (Å²) in [5.41, 5.74) is 4.25. The molecule has 1 saturated carbocycles. The topological polar surface area (TPSA) is 64.4 Å². The quantitative estimate of drug-likeness (QED) is 0.630. The molecule has 1 fully saturated rings. The fourth-order valence-electron chi connectivity index (χ4n) is 3.33. The number of aliphatic carboxylic acids is 1. The molecule has 0 radical (unpaired) electrons. The molecule has 1 aliphatic carbocycles. The van der Waals surface area contributed by atoms with Gasteiger partial charge in [0.15, 0.2) is 0 Å². The van der Waals surface area contributed by atoms with Gasteiger partial charge in [0, 0.05) is 22.7 Å². The van der Waals surface area contributed by atoms with Crippen molar-refractivity contribution in [3.8, 4) is 16.9 Å². The van der Waals surface area contributed by atoms with Crippen LogP contribution in [0.15, 0.2) is 54.7 Å². The van der Waals surface area contributed by atoms with E-state index in [0.29, 0.717) is 19.6 Å². The maximum Gasteiger partial charge on any atom is 0.306 e. The molecule has 144 valence electrons. The minimum absolute atomic E-state index is 0.130. The highest BCUT2D eigenvalue weighted by atomic mass is 35.5. The molecule has 2 aromatic carbocycles. The summed E-state index contributed by atoms with van der Waals surface area (Å²) in [6.45, 7) is 3.14. The zero-order valence-corrected chi connectivity index (χ0v) is 16.3. The van der Waals surface area contributed by atoms with Crippen molar-refractivity contribution in [1.29, 1.82) is 0 Å². The first-order valence-electron chi connectivity index (χ1n) is 9.24. The highest BCUT2D eigenvalue weighted by Crippen LogP contribution is 2.39. The SMILES string of the molecule is Cc1nn(Cc2ccc(Cl)cc2)cc1-c1ccc(OCC2CC2C(=O)O)cc1. The normalized spacial score (nSPS) is 18.1. The lowest BCUT2D eigenvalue weighted by atomic mass is 10.1. The van der Waals surface area contributed by atoms with E-state index in [2.05, 4.69) is 5.10 Å². The minimum Gasteiger partial charge on any atom is -0.493 e. The van der Waals surface area contributed by atoms with Crippen LogP contribution in [0, 0.1) is 18.8 Å². The van der Waals surface area contributed by atoms with Gasteiger partial charge in [-0.2, -0.15) is 5.10 Å². The van der Waals surface area contributed by atoms with Gasteiger partial charge in [-0.3, -0.25) is 9.48 Å². The van der Waals surface area contributed by atoms with E-state index in [1.165, 1.54) is 0 Å². The number of aromatic nitrogens is 2. The van der Waals surface area contributed by atoms with Crippen molar-refractivity contribution in [1.82, 2.24) is 9.78 Å². The van der Waals surface area contributed by atoms with Gasteiger partial charge in [0.25, 0.3) is 0 Å². The van der Waals surface area contributed by atoms with E-state index in [-0.39, 0.29) is 11.8 Å². The predicted octanol–water partition coefficient (Wildman–Crippen LogP) is 4.66. The maximum absolute atomic E-state index is 10.9. The van der Waals surface area contributed by atoms with Gasteiger partial charge in [-0.25, -0.2) is 0 Å². The third kappa shape index (κ3) is 4.20. The number of nitrogens with zero attached hydrogens (tertiary/aromatic N) is 2. The van der Waals surface area contributed by atoms with E-state index >= 15 is 0 Å². The Balaban J connectivity index is 1.40. The van der Waals surface area contributed by atoms with Crippen molar-refractivity contribution >= 4 is 17.6 Å². The Kier molecular flexibility index (Phi) is 5.09. The van der Waals surface area contributed by atoms with Crippen LogP contribution in [0.5, 0.6) is 5.75 Å². The number of aryl methyl sites for hydroxylation is 1. The van der Waals surface area contributed by atoms with Crippen LogP contribution in [-0.4, -0.2) is 27.5 Å². The first kappa shape index (κ1) is 18.6. The van der Waals surface area contributed by atoms with Crippen molar-refractivity contribution in [3.05, 3.63) is 71.0 Å². The number of halogens is 1. The summed E-state index contributed by atoms with van der Waals surface area (Å²) in [7, 11) is 0. The lowest BCUT2D eigenvalue weighted by molar-refractivity contribution is -0.138. The molecule has 1 heterocycles. The van der Waals surface area contributed by atoms with E-state index in [0.717, 1.165) is 33.2 Å². The monoisotopic (exact) mass is 396 g/mol. The number of benzene rings is 2. The number of carboxylic acids is 1. The second-order valence-corrected chi connectivity index (χ2v) is 7.66. The second-order valence-electron chi connectivity index (χ2n) is 7.23. The molecule has 0 saturated heterocycles. The Morgan fingerprint density at radius 3 is 2.57 bits per heavy atom. The van der Waals surface area contributed by atoms with Crippen molar-refractivity contribution in [3.63, 3.8) is 0 Å². The molecule has 5 nitrogen and oxygen atoms in total. The molecule has 0 amide bonds. The maximum atomic E-state index is 10.9. The third-order valence-corrected chi connectivity index (χ3v) is 5.33. The molecular formula is C22H21ClN2O3. The van der Waals surface area contributed by atoms with Crippen molar-refractivity contribution < 1.29 is 14.6 Å². The predicted molar refractivity (Wildman–Crippen MR) is 108 cm³/mol. The number of carboxylic acid groups (broad SMARTS) is 1. The molecule has 2 unspecified atom stereocenters. The van der Waals surface area contributed by atoms with Crippen LogP contribution in [0.4, 0.5) is 0 Å². The molecule has 28 heavy (non-hydrogen) atoms. The molecular weight excluding hydrogens is 376 g/mol. The highest BCUT2D eigenvalue weighted by molar-refractivity contribution is 6.30. The summed E-state index contributed by atoms with van der Waals surface area (Å²) in [4.78, 5) is 10.9. The van der Waals surface area contributed by atoms with Gasteiger partial charge < -0.3 is 9.84 Å². The zero-order valence-electron chi connectivity index (χ0n) is 15.5. The number of hydrogen-bond donors (Lipinski definition) is 1. The standard InChI is InChI=1S/C22H21ClN2O3/c1-14-21(12-25(24-14)11-15-2-6-18(23)7-3-15)16-4-8-19(9-5-16)28-13-17-10-20(17)22(26)27/h2-9,12,17,20H,10-11,13H2,1H3,(H,26,27). The highest BCUT2D eigenvalue weighted by Gasteiger charge is 2.43. The minimum atomic E-state index is -0.727. The molecule has 3 aromatic rings. The van der Waals surface area contributed by atoms with Gasteiger partial charge in [-0.15, -0.1) is 0 Å². The molecule has 2 atom stereocenters. The lowest BCUT2D eigenvalue weighted by Gasteiger charge is -2.06. The van der Waals surface area contributed by atoms with Crippen molar-refractivity contribution in [2.24, 2.45) is 11.8 Å². The van der Waals surface area contributed by atoms with Crippen molar-refractivity contribution in [2.45, 2.75) is 19.9 Å². The molecule has 0 bridgehead atoms. The van der Waals surface area contributed by atoms with E-state index in [9.17, 15) is 4.79 Å². The number of carbonyl (C=O) groups is 1. The van der Waals surface area contributed by atoms with E-state index < -0.39 is 5.97 Å². The van der Waals surface area contributed by atoms with Crippen LogP contribution < -0.4 is 4.74 Å². The first-order valence-corrected chi connectivity index (χ1v) is 9.62. The summed E-state index contributed by atoms with van der Waals surface area (Å²) >= 11 is 5.94. The Morgan fingerprint density at radius 2 is 1.93 bits per heavy atom. The van der Waals surface area contributed by atoms with Gasteiger partial charge in [0.1, 0.15) is 5.75 Å². The first-order chi connectivity index (χ1) is 13.5. The number of ether oxygens (including phenoxy) is 1. The number of rotatable bonds is 7. The zero-order chi connectivity index (χ0) is 19.7. The van der Waals surface area contributed by atoms with Gasteiger partial charge in [-0.05, 0) is 48.7 Å². The van der Waals surface area contributed by atoms with Crippen LogP contribution in [0.1, 0.15) is 17.7 Å². The van der Waals surface area contributed by atoms with Crippen LogP contribution in [0.3, 0.4) is 0 Å². The van der Waals surface area contributed by atoms with Crippen LogP contribution >= 0.6 is 11.6 Å². The Morgan fingerprint density at radius 1 is 1.21 bits per heavy atom. The largest absolute Gasteiger partial charge is 0.493 e. The molecule has 0 spiro atoms. The molecule has 1 N–H and O–H groups in total. The summed E-state index contributed by atoms with van der Waals surface area (Å²) in [6, 6.07) is 15.6. The smallest absolute Gasteiger partial charge is 0.306 e. The third-order valence-electron chi connectivity index (χ3n) is 5.07. The molecule has 1 aliphatic rings. The molecule has 0 aliphatic heterocycles. The molecule has 4 rings (SSSR count). The Labute approximate surface area is 168 Å².